The SMILES string of the molecule is CCC[C@@H](O)c1cccc(OCC2CCC(O)CC2)c1.CCC[C@@H](O)c1cccc(OCC2CCC(O)CC2)c1.CCC[C@@H](O)c1cccc(OC[C@H]2CCCC[C@H]2O)c1.CC[C@H](O)[C@@H](O)c1cccc(OCC2CCCCC2)c1. The van der Waals surface area contributed by atoms with Gasteiger partial charge in [0, 0.05) is 5.92 Å². The van der Waals surface area contributed by atoms with Gasteiger partial charge in [0.05, 0.1) is 69.2 Å². The highest BCUT2D eigenvalue weighted by Gasteiger charge is 2.25. The Bertz CT molecular complexity index is 2140. The Morgan fingerprint density at radius 2 is 0.725 bits per heavy atom. The second kappa shape index (κ2) is 37.8. The largest absolute Gasteiger partial charge is 0.493 e. The van der Waals surface area contributed by atoms with Gasteiger partial charge in [0.15, 0.2) is 0 Å². The van der Waals surface area contributed by atoms with Crippen molar-refractivity contribution in [2.45, 2.75) is 231 Å². The average Bonchev–Trinajstić information content (AvgIpc) is 3.49. The first-order valence-corrected chi connectivity index (χ1v) is 31.1. The molecule has 0 spiro atoms. The number of aliphatic hydroxyl groups excluding tert-OH is 8. The molecule has 4 aliphatic carbocycles. The first-order valence-electron chi connectivity index (χ1n) is 31.1. The third-order valence-electron chi connectivity index (χ3n) is 16.5. The summed E-state index contributed by atoms with van der Waals surface area (Å²) < 4.78 is 23.4. The molecule has 12 heteroatoms. The van der Waals surface area contributed by atoms with Crippen LogP contribution in [0.5, 0.6) is 23.0 Å². The average molecular weight is 1110 g/mol. The van der Waals surface area contributed by atoms with E-state index < -0.39 is 30.5 Å². The highest BCUT2D eigenvalue weighted by atomic mass is 16.5. The van der Waals surface area contributed by atoms with Gasteiger partial charge in [-0.1, -0.05) is 128 Å². The normalized spacial score (nSPS) is 23.1. The molecule has 448 valence electrons. The summed E-state index contributed by atoms with van der Waals surface area (Å²) >= 11 is 0. The second-order valence-corrected chi connectivity index (χ2v) is 23.3. The molecule has 4 saturated carbocycles. The van der Waals surface area contributed by atoms with Crippen molar-refractivity contribution in [2.24, 2.45) is 23.7 Å². The molecule has 4 aromatic rings. The van der Waals surface area contributed by atoms with Crippen LogP contribution in [0.25, 0.3) is 0 Å². The minimum Gasteiger partial charge on any atom is -0.493 e. The lowest BCUT2D eigenvalue weighted by Gasteiger charge is -2.27. The van der Waals surface area contributed by atoms with E-state index in [0.29, 0.717) is 44.0 Å². The number of aliphatic hydroxyl groups is 8. The first-order chi connectivity index (χ1) is 38.8. The summed E-state index contributed by atoms with van der Waals surface area (Å²) in [5.74, 6) is 5.25. The number of ether oxygens (including phenoxy) is 4. The van der Waals surface area contributed by atoms with Gasteiger partial charge in [-0.15, -0.1) is 0 Å². The molecule has 12 nitrogen and oxygen atoms in total. The van der Waals surface area contributed by atoms with Crippen LogP contribution in [-0.2, 0) is 0 Å². The topological polar surface area (TPSA) is 199 Å². The minimum absolute atomic E-state index is 0.112. The van der Waals surface area contributed by atoms with Gasteiger partial charge in [-0.3, -0.25) is 0 Å². The Labute approximate surface area is 480 Å². The van der Waals surface area contributed by atoms with Crippen molar-refractivity contribution in [2.75, 3.05) is 26.4 Å². The molecule has 7 atom stereocenters. The van der Waals surface area contributed by atoms with Gasteiger partial charge in [0.25, 0.3) is 0 Å². The third-order valence-corrected chi connectivity index (χ3v) is 16.5. The third kappa shape index (κ3) is 24.7. The summed E-state index contributed by atoms with van der Waals surface area (Å²) in [7, 11) is 0. The highest BCUT2D eigenvalue weighted by Crippen LogP contribution is 2.32. The maximum absolute atomic E-state index is 10.0. The lowest BCUT2D eigenvalue weighted by atomic mass is 9.87. The van der Waals surface area contributed by atoms with E-state index in [2.05, 4.69) is 20.8 Å². The summed E-state index contributed by atoms with van der Waals surface area (Å²) in [6.45, 7) is 10.8. The van der Waals surface area contributed by atoms with Gasteiger partial charge in [-0.2, -0.15) is 0 Å². The number of rotatable bonds is 24. The quantitative estimate of drug-likeness (QED) is 0.0331. The molecule has 0 radical (unpaired) electrons. The van der Waals surface area contributed by atoms with E-state index >= 15 is 0 Å². The van der Waals surface area contributed by atoms with E-state index in [0.717, 1.165) is 161 Å². The summed E-state index contributed by atoms with van der Waals surface area (Å²) in [5.41, 5.74) is 3.50. The van der Waals surface area contributed by atoms with Crippen LogP contribution in [0.2, 0.25) is 0 Å². The molecule has 8 N–H and O–H groups in total. The molecular weight excluding hydrogens is 1010 g/mol. The molecule has 0 saturated heterocycles. The first kappa shape index (κ1) is 66.6. The summed E-state index contributed by atoms with van der Waals surface area (Å²) in [4.78, 5) is 0. The van der Waals surface area contributed by atoms with Gasteiger partial charge in [0.2, 0.25) is 0 Å². The summed E-state index contributed by atoms with van der Waals surface area (Å²) in [6.07, 6.45) is 21.0. The van der Waals surface area contributed by atoms with Crippen molar-refractivity contribution < 1.29 is 59.8 Å². The zero-order valence-corrected chi connectivity index (χ0v) is 49.2. The van der Waals surface area contributed by atoms with Crippen LogP contribution in [0.15, 0.2) is 97.1 Å². The lowest BCUT2D eigenvalue weighted by Crippen LogP contribution is -2.29. The van der Waals surface area contributed by atoms with E-state index in [-0.39, 0.29) is 24.2 Å². The Hall–Kier alpha value is -4.24. The molecule has 0 aromatic heterocycles. The molecule has 0 bridgehead atoms. The smallest absolute Gasteiger partial charge is 0.119 e. The lowest BCUT2D eigenvalue weighted by molar-refractivity contribution is 0.0163. The monoisotopic (exact) mass is 1110 g/mol. The van der Waals surface area contributed by atoms with Crippen molar-refractivity contribution >= 4 is 0 Å². The molecule has 4 fully saturated rings. The van der Waals surface area contributed by atoms with Crippen molar-refractivity contribution in [3.8, 4) is 23.0 Å². The zero-order valence-electron chi connectivity index (χ0n) is 49.2. The Balaban J connectivity index is 0.000000196. The predicted octanol–water partition coefficient (Wildman–Crippen LogP) is 13.8. The number of benzene rings is 4. The van der Waals surface area contributed by atoms with Crippen LogP contribution in [0, 0.1) is 23.7 Å². The van der Waals surface area contributed by atoms with Crippen LogP contribution in [0.3, 0.4) is 0 Å². The fourth-order valence-corrected chi connectivity index (χ4v) is 11.2. The molecule has 4 aromatic carbocycles. The van der Waals surface area contributed by atoms with Crippen molar-refractivity contribution in [1.82, 2.24) is 0 Å². The Morgan fingerprint density at radius 1 is 0.388 bits per heavy atom. The molecule has 8 rings (SSSR count). The molecular formula is C68H104O12. The van der Waals surface area contributed by atoms with E-state index in [4.69, 9.17) is 18.9 Å². The molecule has 80 heavy (non-hydrogen) atoms. The van der Waals surface area contributed by atoms with Crippen LogP contribution < -0.4 is 18.9 Å². The minimum atomic E-state index is -0.835. The van der Waals surface area contributed by atoms with Gasteiger partial charge in [-0.05, 0) is 191 Å². The highest BCUT2D eigenvalue weighted by molar-refractivity contribution is 5.32. The molecule has 4 aliphatic rings. The Morgan fingerprint density at radius 3 is 1.10 bits per heavy atom. The predicted molar refractivity (Wildman–Crippen MR) is 319 cm³/mol. The zero-order chi connectivity index (χ0) is 57.5. The number of hydrogen-bond donors (Lipinski definition) is 8. The van der Waals surface area contributed by atoms with Crippen molar-refractivity contribution in [3.05, 3.63) is 119 Å². The Kier molecular flexibility index (Phi) is 31.4. The van der Waals surface area contributed by atoms with E-state index in [9.17, 15) is 40.9 Å². The fourth-order valence-electron chi connectivity index (χ4n) is 11.2. The molecule has 0 unspecified atom stereocenters. The second-order valence-electron chi connectivity index (χ2n) is 23.3. The van der Waals surface area contributed by atoms with Gasteiger partial charge in [-0.25, -0.2) is 0 Å². The van der Waals surface area contributed by atoms with Crippen LogP contribution in [0.1, 0.15) is 228 Å². The van der Waals surface area contributed by atoms with E-state index in [1.54, 1.807) is 0 Å². The maximum Gasteiger partial charge on any atom is 0.119 e. The van der Waals surface area contributed by atoms with Crippen molar-refractivity contribution in [1.29, 1.82) is 0 Å². The van der Waals surface area contributed by atoms with E-state index in [1.165, 1.54) is 38.5 Å². The molecule has 0 amide bonds. The molecule has 0 heterocycles. The van der Waals surface area contributed by atoms with Crippen LogP contribution >= 0.6 is 0 Å². The summed E-state index contributed by atoms with van der Waals surface area (Å²) in [5, 5.41) is 78.7. The maximum atomic E-state index is 10.0. The van der Waals surface area contributed by atoms with Gasteiger partial charge >= 0.3 is 0 Å². The van der Waals surface area contributed by atoms with Gasteiger partial charge < -0.3 is 59.8 Å². The fraction of sp³-hybridized carbons (Fsp3) is 0.647. The van der Waals surface area contributed by atoms with E-state index in [1.807, 2.05) is 104 Å². The standard InChI is InChI=1S/4C17H26O3/c1-2-6-16(18)13-8-5-9-15(11-13)20-12-14-7-3-4-10-17(14)19;1-2-16(18)17(19)14-9-6-10-15(11-14)20-12-13-7-4-3-5-8-13;2*1-2-4-17(19)14-5-3-6-16(11-14)20-12-13-7-9-15(18)10-8-13/h5,8-9,11,14,16-19H,2-4,6-7,10,12H2,1H3;6,9-11,13,16-19H,2-5,7-8,12H2,1H3;2*3,5-6,11,13,15,17-19H,2,4,7-10,12H2,1H3/t14-,16-,17-;16-,17-;2*13?,15?,17-/m1011/s1. The summed E-state index contributed by atoms with van der Waals surface area (Å²) in [6, 6.07) is 30.7. The van der Waals surface area contributed by atoms with Crippen LogP contribution in [0.4, 0.5) is 0 Å². The van der Waals surface area contributed by atoms with Crippen molar-refractivity contribution in [3.63, 3.8) is 0 Å². The van der Waals surface area contributed by atoms with Crippen LogP contribution in [-0.4, -0.2) is 91.7 Å². The van der Waals surface area contributed by atoms with Gasteiger partial charge in [0.1, 0.15) is 29.1 Å². The number of hydrogen-bond acceptors (Lipinski definition) is 12. The molecule has 0 aliphatic heterocycles.